The van der Waals surface area contributed by atoms with Crippen LogP contribution in [-0.4, -0.2) is 24.6 Å². The molecule has 0 radical (unpaired) electrons. The minimum atomic E-state index is -4.47. The molecule has 3 heterocycles. The van der Waals surface area contributed by atoms with E-state index < -0.39 is 29.5 Å². The van der Waals surface area contributed by atoms with Crippen molar-refractivity contribution in [2.24, 2.45) is 4.99 Å². The van der Waals surface area contributed by atoms with Crippen molar-refractivity contribution in [2.75, 3.05) is 0 Å². The van der Waals surface area contributed by atoms with Gasteiger partial charge in [-0.25, -0.2) is 14.4 Å². The summed E-state index contributed by atoms with van der Waals surface area (Å²) in [5, 5.41) is 4.11. The van der Waals surface area contributed by atoms with Crippen LogP contribution in [0.5, 0.6) is 0 Å². The van der Waals surface area contributed by atoms with Gasteiger partial charge in [0, 0.05) is 24.7 Å². The van der Waals surface area contributed by atoms with Gasteiger partial charge in [-0.05, 0) is 24.1 Å². The van der Waals surface area contributed by atoms with E-state index in [-0.39, 0.29) is 41.2 Å². The molecule has 0 saturated carbocycles. The Labute approximate surface area is 183 Å². The first-order chi connectivity index (χ1) is 15.6. The molecule has 1 aromatic carbocycles. The molecule has 174 valence electrons. The highest BCUT2D eigenvalue weighted by Crippen LogP contribution is 2.30. The number of hydrogen-bond acceptors (Lipinski definition) is 4. The predicted molar refractivity (Wildman–Crippen MR) is 109 cm³/mol. The maximum Gasteiger partial charge on any atom is 0.416 e. The topological polar surface area (TPSA) is 74.2 Å². The standard InChI is InChI=1S/C21H18F5N5O2/c1-2-6-30-18(32)15-8-16(28-17(15)31(19(22)23)20(30)33)13-9-27-29(11-13)10-12-4-3-5-14(7-12)21(24,25)26/h3-5,7,9,11,19H,2,6,8,10H2,1H3. The molecular weight excluding hydrogens is 449 g/mol. The molecule has 0 atom stereocenters. The van der Waals surface area contributed by atoms with Gasteiger partial charge in [0.15, 0.2) is 5.82 Å². The highest BCUT2D eigenvalue weighted by Gasteiger charge is 2.31. The summed E-state index contributed by atoms with van der Waals surface area (Å²) in [6, 6.07) is 4.81. The number of alkyl halides is 5. The van der Waals surface area contributed by atoms with Gasteiger partial charge in [0.05, 0.1) is 29.6 Å². The number of nitrogens with zero attached hydrogens (tertiary/aromatic N) is 5. The van der Waals surface area contributed by atoms with Crippen molar-refractivity contribution in [2.45, 2.75) is 45.6 Å². The summed E-state index contributed by atoms with van der Waals surface area (Å²) in [5.74, 6) is -0.381. The molecule has 33 heavy (non-hydrogen) atoms. The highest BCUT2D eigenvalue weighted by molar-refractivity contribution is 6.05. The lowest BCUT2D eigenvalue weighted by Gasteiger charge is -2.12. The van der Waals surface area contributed by atoms with Crippen molar-refractivity contribution >= 4 is 11.5 Å². The first-order valence-corrected chi connectivity index (χ1v) is 10.0. The lowest BCUT2D eigenvalue weighted by Crippen LogP contribution is -2.41. The van der Waals surface area contributed by atoms with Crippen molar-refractivity contribution in [1.82, 2.24) is 18.9 Å². The van der Waals surface area contributed by atoms with Crippen molar-refractivity contribution in [3.8, 4) is 0 Å². The zero-order valence-corrected chi connectivity index (χ0v) is 17.3. The Hall–Kier alpha value is -3.57. The number of rotatable bonds is 6. The molecule has 0 spiro atoms. The van der Waals surface area contributed by atoms with Gasteiger partial charge < -0.3 is 0 Å². The minimum absolute atomic E-state index is 0.00191. The first-order valence-electron chi connectivity index (χ1n) is 10.0. The van der Waals surface area contributed by atoms with Crippen LogP contribution in [0.2, 0.25) is 0 Å². The molecule has 3 aromatic rings. The van der Waals surface area contributed by atoms with Gasteiger partial charge >= 0.3 is 18.4 Å². The second-order valence-electron chi connectivity index (χ2n) is 7.55. The van der Waals surface area contributed by atoms with Crippen LogP contribution in [0.4, 0.5) is 27.8 Å². The second kappa shape index (κ2) is 8.41. The number of aromatic nitrogens is 4. The van der Waals surface area contributed by atoms with Crippen LogP contribution in [0.15, 0.2) is 51.2 Å². The van der Waals surface area contributed by atoms with Gasteiger partial charge in [-0.3, -0.25) is 14.0 Å². The number of halogens is 5. The van der Waals surface area contributed by atoms with Gasteiger partial charge in [-0.1, -0.05) is 19.1 Å². The van der Waals surface area contributed by atoms with E-state index >= 15 is 0 Å². The molecule has 0 unspecified atom stereocenters. The van der Waals surface area contributed by atoms with Crippen LogP contribution >= 0.6 is 0 Å². The summed E-state index contributed by atoms with van der Waals surface area (Å²) < 4.78 is 68.4. The molecule has 4 rings (SSSR count). The van der Waals surface area contributed by atoms with Gasteiger partial charge in [0.1, 0.15) is 0 Å². The van der Waals surface area contributed by atoms with Crippen LogP contribution < -0.4 is 11.2 Å². The van der Waals surface area contributed by atoms with E-state index in [4.69, 9.17) is 0 Å². The van der Waals surface area contributed by atoms with Crippen molar-refractivity contribution in [3.05, 3.63) is 79.8 Å². The highest BCUT2D eigenvalue weighted by atomic mass is 19.4. The van der Waals surface area contributed by atoms with Gasteiger partial charge in [0.25, 0.3) is 5.56 Å². The zero-order valence-electron chi connectivity index (χ0n) is 17.3. The fraction of sp³-hybridized carbons (Fsp3) is 0.333. The Morgan fingerprint density at radius 3 is 2.61 bits per heavy atom. The summed E-state index contributed by atoms with van der Waals surface area (Å²) >= 11 is 0. The van der Waals surface area contributed by atoms with E-state index in [9.17, 15) is 31.5 Å². The molecular formula is C21H18F5N5O2. The molecule has 0 N–H and O–H groups in total. The van der Waals surface area contributed by atoms with Crippen molar-refractivity contribution in [3.63, 3.8) is 0 Å². The summed E-state index contributed by atoms with van der Waals surface area (Å²) in [6.07, 6.45) is -1.25. The van der Waals surface area contributed by atoms with E-state index in [1.165, 1.54) is 29.2 Å². The number of benzene rings is 1. The maximum atomic E-state index is 13.6. The third-order valence-electron chi connectivity index (χ3n) is 5.23. The molecule has 7 nitrogen and oxygen atoms in total. The molecule has 0 saturated heterocycles. The summed E-state index contributed by atoms with van der Waals surface area (Å²) in [6.45, 7) is -1.43. The Balaban J connectivity index is 1.65. The zero-order chi connectivity index (χ0) is 23.9. The normalized spacial score (nSPS) is 13.5. The Bertz CT molecular complexity index is 1350. The molecule has 1 aliphatic heterocycles. The van der Waals surface area contributed by atoms with Crippen LogP contribution in [0.3, 0.4) is 0 Å². The van der Waals surface area contributed by atoms with Crippen LogP contribution in [0, 0.1) is 0 Å². The summed E-state index contributed by atoms with van der Waals surface area (Å²) in [5.41, 5.74) is -1.54. The third-order valence-corrected chi connectivity index (χ3v) is 5.23. The SMILES string of the molecule is CCCn1c(=O)c2c(n(C(F)F)c1=O)N=C(c1cnn(Cc3cccc(C(F)(F)F)c3)c1)C2. The smallest absolute Gasteiger partial charge is 0.269 e. The molecule has 0 bridgehead atoms. The average Bonchev–Trinajstić information content (AvgIpc) is 3.38. The average molecular weight is 467 g/mol. The molecule has 0 amide bonds. The van der Waals surface area contributed by atoms with Crippen LogP contribution in [-0.2, 0) is 25.7 Å². The Morgan fingerprint density at radius 1 is 1.18 bits per heavy atom. The molecule has 0 aliphatic carbocycles. The van der Waals surface area contributed by atoms with Crippen molar-refractivity contribution in [1.29, 1.82) is 0 Å². The fourth-order valence-electron chi connectivity index (χ4n) is 3.72. The number of aliphatic imine (C=N–C) groups is 1. The molecule has 12 heteroatoms. The Kier molecular flexibility index (Phi) is 5.76. The van der Waals surface area contributed by atoms with Gasteiger partial charge in [-0.15, -0.1) is 0 Å². The third kappa shape index (κ3) is 4.24. The van der Waals surface area contributed by atoms with E-state index in [0.717, 1.165) is 16.7 Å². The van der Waals surface area contributed by atoms with E-state index in [1.54, 1.807) is 6.92 Å². The fourth-order valence-corrected chi connectivity index (χ4v) is 3.72. The largest absolute Gasteiger partial charge is 0.416 e. The predicted octanol–water partition coefficient (Wildman–Crippen LogP) is 3.76. The summed E-state index contributed by atoms with van der Waals surface area (Å²) in [7, 11) is 0. The van der Waals surface area contributed by atoms with Crippen LogP contribution in [0.1, 0.15) is 42.1 Å². The van der Waals surface area contributed by atoms with Crippen LogP contribution in [0.25, 0.3) is 0 Å². The van der Waals surface area contributed by atoms with Gasteiger partial charge in [0.2, 0.25) is 0 Å². The Morgan fingerprint density at radius 2 is 1.94 bits per heavy atom. The van der Waals surface area contributed by atoms with Gasteiger partial charge in [-0.2, -0.15) is 27.1 Å². The lowest BCUT2D eigenvalue weighted by molar-refractivity contribution is -0.137. The first kappa shape index (κ1) is 22.6. The quantitative estimate of drug-likeness (QED) is 0.519. The monoisotopic (exact) mass is 467 g/mol. The summed E-state index contributed by atoms with van der Waals surface area (Å²) in [4.78, 5) is 29.2. The second-order valence-corrected chi connectivity index (χ2v) is 7.55. The lowest BCUT2D eigenvalue weighted by atomic mass is 10.1. The van der Waals surface area contributed by atoms with Crippen molar-refractivity contribution < 1.29 is 22.0 Å². The van der Waals surface area contributed by atoms with E-state index in [2.05, 4.69) is 10.1 Å². The van der Waals surface area contributed by atoms with E-state index in [1.807, 2.05) is 0 Å². The minimum Gasteiger partial charge on any atom is -0.269 e. The van der Waals surface area contributed by atoms with E-state index in [0.29, 0.717) is 17.5 Å². The maximum absolute atomic E-state index is 13.6. The molecule has 1 aliphatic rings. The molecule has 2 aromatic heterocycles. The molecule has 0 fully saturated rings. The number of fused-ring (bicyclic) bond motifs is 1. The number of hydrogen-bond donors (Lipinski definition) is 0.